The van der Waals surface area contributed by atoms with Crippen LogP contribution in [0.25, 0.3) is 0 Å². The van der Waals surface area contributed by atoms with Gasteiger partial charge in [0.05, 0.1) is 23.3 Å². The molecule has 2 rings (SSSR count). The number of halogens is 1. The highest BCUT2D eigenvalue weighted by molar-refractivity contribution is 9.10. The van der Waals surface area contributed by atoms with Gasteiger partial charge in [0.1, 0.15) is 0 Å². The number of aliphatic hydroxyl groups excluding tert-OH is 1. The number of hydrogen-bond acceptors (Lipinski definition) is 3. The van der Waals surface area contributed by atoms with Crippen molar-refractivity contribution in [2.45, 2.75) is 51.3 Å². The van der Waals surface area contributed by atoms with E-state index in [0.29, 0.717) is 18.5 Å². The van der Waals surface area contributed by atoms with E-state index in [4.69, 9.17) is 0 Å². The molecule has 1 saturated carbocycles. The number of aromatic nitrogens is 2. The van der Waals surface area contributed by atoms with Gasteiger partial charge in [0.2, 0.25) is 0 Å². The highest BCUT2D eigenvalue weighted by Crippen LogP contribution is 2.27. The molecule has 0 radical (unpaired) electrons. The average molecular weight is 316 g/mol. The summed E-state index contributed by atoms with van der Waals surface area (Å²) in [6.07, 6.45) is 8.48. The molecule has 102 valence electrons. The van der Waals surface area contributed by atoms with Gasteiger partial charge in [-0.2, -0.15) is 5.10 Å². The average Bonchev–Trinajstić information content (AvgIpc) is 2.97. The molecule has 1 aliphatic rings. The van der Waals surface area contributed by atoms with E-state index in [-0.39, 0.29) is 6.10 Å². The summed E-state index contributed by atoms with van der Waals surface area (Å²) in [5.41, 5.74) is 0. The van der Waals surface area contributed by atoms with Crippen molar-refractivity contribution in [3.63, 3.8) is 0 Å². The molecular formula is C13H22BrN3O. The summed E-state index contributed by atoms with van der Waals surface area (Å²) in [5, 5.41) is 17.7. The van der Waals surface area contributed by atoms with Gasteiger partial charge in [-0.1, -0.05) is 12.8 Å². The highest BCUT2D eigenvalue weighted by Gasteiger charge is 2.23. The van der Waals surface area contributed by atoms with Crippen LogP contribution in [0.15, 0.2) is 16.9 Å². The van der Waals surface area contributed by atoms with E-state index < -0.39 is 0 Å². The van der Waals surface area contributed by atoms with Gasteiger partial charge in [0.15, 0.2) is 0 Å². The second-order valence-electron chi connectivity index (χ2n) is 5.30. The molecule has 2 N–H and O–H groups in total. The largest absolute Gasteiger partial charge is 0.392 e. The summed E-state index contributed by atoms with van der Waals surface area (Å²) in [6.45, 7) is 3.63. The van der Waals surface area contributed by atoms with Gasteiger partial charge in [-0.25, -0.2) is 0 Å². The van der Waals surface area contributed by atoms with Crippen LogP contribution in [0.1, 0.15) is 32.6 Å². The fraction of sp³-hybridized carbons (Fsp3) is 0.769. The van der Waals surface area contributed by atoms with Crippen LogP contribution < -0.4 is 5.32 Å². The summed E-state index contributed by atoms with van der Waals surface area (Å²) in [4.78, 5) is 0. The zero-order chi connectivity index (χ0) is 13.0. The first kappa shape index (κ1) is 14.0. The third kappa shape index (κ3) is 4.07. The molecule has 0 bridgehead atoms. The van der Waals surface area contributed by atoms with E-state index in [2.05, 4.69) is 33.3 Å². The van der Waals surface area contributed by atoms with Gasteiger partial charge in [-0.05, 0) is 41.6 Å². The van der Waals surface area contributed by atoms with Crippen molar-refractivity contribution in [3.05, 3.63) is 16.9 Å². The fourth-order valence-corrected chi connectivity index (χ4v) is 2.94. The first-order valence-electron chi connectivity index (χ1n) is 6.74. The minimum Gasteiger partial charge on any atom is -0.392 e. The summed E-state index contributed by atoms with van der Waals surface area (Å²) < 4.78 is 2.91. The van der Waals surface area contributed by atoms with Crippen LogP contribution in [0, 0.1) is 5.92 Å². The van der Waals surface area contributed by atoms with Crippen LogP contribution in [0.5, 0.6) is 0 Å². The van der Waals surface area contributed by atoms with Crippen LogP contribution in [0.3, 0.4) is 0 Å². The van der Waals surface area contributed by atoms with Crippen molar-refractivity contribution in [3.8, 4) is 0 Å². The Kier molecular flexibility index (Phi) is 5.21. The molecule has 1 aliphatic carbocycles. The zero-order valence-electron chi connectivity index (χ0n) is 10.8. The van der Waals surface area contributed by atoms with Crippen molar-refractivity contribution in [2.24, 2.45) is 5.92 Å². The first-order chi connectivity index (χ1) is 8.65. The topological polar surface area (TPSA) is 50.1 Å². The van der Waals surface area contributed by atoms with Crippen LogP contribution in [0.4, 0.5) is 0 Å². The van der Waals surface area contributed by atoms with Crippen LogP contribution in [0.2, 0.25) is 0 Å². The van der Waals surface area contributed by atoms with E-state index in [1.807, 2.05) is 10.9 Å². The Labute approximate surface area is 117 Å². The van der Waals surface area contributed by atoms with Gasteiger partial charge >= 0.3 is 0 Å². The Morgan fingerprint density at radius 3 is 2.89 bits per heavy atom. The third-order valence-corrected chi connectivity index (χ3v) is 4.09. The van der Waals surface area contributed by atoms with E-state index in [9.17, 15) is 5.11 Å². The van der Waals surface area contributed by atoms with Gasteiger partial charge in [0.25, 0.3) is 0 Å². The lowest BCUT2D eigenvalue weighted by Gasteiger charge is -2.21. The number of nitrogens with zero attached hydrogens (tertiary/aromatic N) is 2. The highest BCUT2D eigenvalue weighted by atomic mass is 79.9. The van der Waals surface area contributed by atoms with Crippen molar-refractivity contribution in [2.75, 3.05) is 6.54 Å². The number of nitrogens with one attached hydrogen (secondary N) is 1. The fourth-order valence-electron chi connectivity index (χ4n) is 2.61. The molecule has 18 heavy (non-hydrogen) atoms. The van der Waals surface area contributed by atoms with Crippen LogP contribution in [-0.2, 0) is 6.54 Å². The summed E-state index contributed by atoms with van der Waals surface area (Å²) in [7, 11) is 0. The Bertz CT molecular complexity index is 363. The summed E-state index contributed by atoms with van der Waals surface area (Å²) in [6, 6.07) is 0.313. The minimum absolute atomic E-state index is 0.195. The minimum atomic E-state index is -0.195. The van der Waals surface area contributed by atoms with E-state index in [0.717, 1.165) is 11.0 Å². The van der Waals surface area contributed by atoms with Crippen LogP contribution >= 0.6 is 15.9 Å². The number of rotatable bonds is 6. The Hall–Kier alpha value is -0.390. The summed E-state index contributed by atoms with van der Waals surface area (Å²) >= 11 is 3.39. The first-order valence-corrected chi connectivity index (χ1v) is 7.54. The molecule has 1 aromatic heterocycles. The third-order valence-electron chi connectivity index (χ3n) is 3.68. The maximum atomic E-state index is 10.1. The van der Waals surface area contributed by atoms with Crippen molar-refractivity contribution in [1.82, 2.24) is 15.1 Å². The van der Waals surface area contributed by atoms with Gasteiger partial charge in [0, 0.05) is 18.8 Å². The molecule has 1 fully saturated rings. The summed E-state index contributed by atoms with van der Waals surface area (Å²) in [5.74, 6) is 0.503. The van der Waals surface area contributed by atoms with Crippen molar-refractivity contribution < 1.29 is 5.11 Å². The Balaban J connectivity index is 1.69. The van der Waals surface area contributed by atoms with E-state index >= 15 is 0 Å². The molecule has 4 nitrogen and oxygen atoms in total. The predicted molar refractivity (Wildman–Crippen MR) is 75.4 cm³/mol. The lowest BCUT2D eigenvalue weighted by molar-refractivity contribution is 0.106. The molecule has 0 amide bonds. The number of aliphatic hydroxyl groups is 1. The van der Waals surface area contributed by atoms with Gasteiger partial charge < -0.3 is 10.4 Å². The quantitative estimate of drug-likeness (QED) is 0.846. The normalized spacial score (nSPS) is 20.2. The predicted octanol–water partition coefficient (Wildman–Crippen LogP) is 2.17. The lowest BCUT2D eigenvalue weighted by Crippen LogP contribution is -2.38. The van der Waals surface area contributed by atoms with E-state index in [1.165, 1.54) is 25.7 Å². The monoisotopic (exact) mass is 315 g/mol. The maximum Gasteiger partial charge on any atom is 0.0692 e. The number of hydrogen-bond donors (Lipinski definition) is 2. The standard InChI is InChI=1S/C13H22BrN3O/c1-10(8-17-9-12(14)6-16-17)15-7-13(18)11-4-2-3-5-11/h6,9-11,13,15,18H,2-5,7-8H2,1H3. The lowest BCUT2D eigenvalue weighted by atomic mass is 10.0. The molecule has 2 unspecified atom stereocenters. The Morgan fingerprint density at radius 1 is 1.56 bits per heavy atom. The van der Waals surface area contributed by atoms with Crippen molar-refractivity contribution in [1.29, 1.82) is 0 Å². The second-order valence-corrected chi connectivity index (χ2v) is 6.22. The molecule has 0 spiro atoms. The molecular weight excluding hydrogens is 294 g/mol. The van der Waals surface area contributed by atoms with Gasteiger partial charge in [-0.3, -0.25) is 4.68 Å². The second kappa shape index (κ2) is 6.68. The maximum absolute atomic E-state index is 10.1. The molecule has 0 saturated heterocycles. The SMILES string of the molecule is CC(Cn1cc(Br)cn1)NCC(O)C1CCCC1. The van der Waals surface area contributed by atoms with E-state index in [1.54, 1.807) is 6.20 Å². The van der Waals surface area contributed by atoms with Crippen LogP contribution in [-0.4, -0.2) is 33.6 Å². The molecule has 2 atom stereocenters. The molecule has 1 aromatic rings. The smallest absolute Gasteiger partial charge is 0.0692 e. The molecule has 1 heterocycles. The molecule has 0 aromatic carbocycles. The van der Waals surface area contributed by atoms with Crippen molar-refractivity contribution >= 4 is 15.9 Å². The Morgan fingerprint density at radius 2 is 2.28 bits per heavy atom. The van der Waals surface area contributed by atoms with Gasteiger partial charge in [-0.15, -0.1) is 0 Å². The molecule has 5 heteroatoms. The zero-order valence-corrected chi connectivity index (χ0v) is 12.4. The molecule has 0 aliphatic heterocycles.